The Morgan fingerprint density at radius 3 is 2.56 bits per heavy atom. The maximum Gasteiger partial charge on any atom is 0.216 e. The molecule has 0 radical (unpaired) electrons. The standard InChI is InChI=1S/C15H23NO2/c1-10(2)14-9-13(6-7-16-12(4)17)11(3)8-15(14)18-5/h8-10H,6-7H2,1-5H3,(H,16,17). The van der Waals surface area contributed by atoms with Crippen LogP contribution in [0.15, 0.2) is 12.1 Å². The van der Waals surface area contributed by atoms with E-state index >= 15 is 0 Å². The van der Waals surface area contributed by atoms with Gasteiger partial charge in [0.25, 0.3) is 0 Å². The van der Waals surface area contributed by atoms with Crippen LogP contribution in [0, 0.1) is 6.92 Å². The lowest BCUT2D eigenvalue weighted by atomic mass is 9.95. The summed E-state index contributed by atoms with van der Waals surface area (Å²) in [5, 5.41) is 2.83. The summed E-state index contributed by atoms with van der Waals surface area (Å²) in [6, 6.07) is 4.28. The predicted octanol–water partition coefficient (Wildman–Crippen LogP) is 2.81. The van der Waals surface area contributed by atoms with Crippen LogP contribution >= 0.6 is 0 Å². The first kappa shape index (κ1) is 14.6. The summed E-state index contributed by atoms with van der Waals surface area (Å²) in [5.41, 5.74) is 3.70. The van der Waals surface area contributed by atoms with Gasteiger partial charge in [-0.15, -0.1) is 0 Å². The Labute approximate surface area is 110 Å². The monoisotopic (exact) mass is 249 g/mol. The molecule has 0 saturated heterocycles. The molecule has 0 aromatic heterocycles. The van der Waals surface area contributed by atoms with E-state index in [9.17, 15) is 4.79 Å². The number of amides is 1. The first-order chi connectivity index (χ1) is 8.45. The minimum absolute atomic E-state index is 0.0187. The Balaban J connectivity index is 2.91. The fourth-order valence-electron chi connectivity index (χ4n) is 2.02. The van der Waals surface area contributed by atoms with Crippen molar-refractivity contribution in [1.82, 2.24) is 5.32 Å². The van der Waals surface area contributed by atoms with Gasteiger partial charge in [-0.25, -0.2) is 0 Å². The highest BCUT2D eigenvalue weighted by molar-refractivity contribution is 5.72. The molecule has 1 amide bonds. The van der Waals surface area contributed by atoms with Crippen LogP contribution in [0.3, 0.4) is 0 Å². The Morgan fingerprint density at radius 2 is 2.06 bits per heavy atom. The number of benzene rings is 1. The third-order valence-electron chi connectivity index (χ3n) is 3.08. The number of hydrogen-bond donors (Lipinski definition) is 1. The van der Waals surface area contributed by atoms with Gasteiger partial charge in [0.15, 0.2) is 0 Å². The highest BCUT2D eigenvalue weighted by atomic mass is 16.5. The molecular weight excluding hydrogens is 226 g/mol. The van der Waals surface area contributed by atoms with Crippen molar-refractivity contribution < 1.29 is 9.53 Å². The molecule has 18 heavy (non-hydrogen) atoms. The van der Waals surface area contributed by atoms with Crippen molar-refractivity contribution in [3.63, 3.8) is 0 Å². The van der Waals surface area contributed by atoms with E-state index in [-0.39, 0.29) is 5.91 Å². The van der Waals surface area contributed by atoms with E-state index in [1.54, 1.807) is 14.0 Å². The number of rotatable bonds is 5. The molecule has 3 heteroatoms. The normalized spacial score (nSPS) is 10.6. The smallest absolute Gasteiger partial charge is 0.216 e. The second-order valence-corrected chi connectivity index (χ2v) is 4.91. The molecule has 3 nitrogen and oxygen atoms in total. The van der Waals surface area contributed by atoms with Gasteiger partial charge >= 0.3 is 0 Å². The molecule has 0 saturated carbocycles. The zero-order valence-corrected chi connectivity index (χ0v) is 12.0. The summed E-state index contributed by atoms with van der Waals surface area (Å²) in [6.07, 6.45) is 0.856. The summed E-state index contributed by atoms with van der Waals surface area (Å²) in [5.74, 6) is 1.40. The van der Waals surface area contributed by atoms with Crippen LogP contribution in [0.2, 0.25) is 0 Å². The lowest BCUT2D eigenvalue weighted by molar-refractivity contribution is -0.118. The van der Waals surface area contributed by atoms with Gasteiger partial charge in [0.1, 0.15) is 5.75 Å². The van der Waals surface area contributed by atoms with Gasteiger partial charge in [0, 0.05) is 13.5 Å². The van der Waals surface area contributed by atoms with Crippen molar-refractivity contribution in [3.05, 3.63) is 28.8 Å². The number of ether oxygens (including phenoxy) is 1. The van der Waals surface area contributed by atoms with E-state index in [0.717, 1.165) is 12.2 Å². The van der Waals surface area contributed by atoms with Crippen LogP contribution in [-0.4, -0.2) is 19.6 Å². The maximum atomic E-state index is 10.9. The average molecular weight is 249 g/mol. The quantitative estimate of drug-likeness (QED) is 0.871. The van der Waals surface area contributed by atoms with E-state index < -0.39 is 0 Å². The van der Waals surface area contributed by atoms with Gasteiger partial charge < -0.3 is 10.1 Å². The molecule has 1 aromatic carbocycles. The third-order valence-corrected chi connectivity index (χ3v) is 3.08. The van der Waals surface area contributed by atoms with Crippen LogP contribution in [-0.2, 0) is 11.2 Å². The minimum Gasteiger partial charge on any atom is -0.496 e. The molecule has 0 atom stereocenters. The largest absolute Gasteiger partial charge is 0.496 e. The number of nitrogens with one attached hydrogen (secondary N) is 1. The van der Waals surface area contributed by atoms with Crippen molar-refractivity contribution in [2.45, 2.75) is 40.0 Å². The first-order valence-corrected chi connectivity index (χ1v) is 6.37. The van der Waals surface area contributed by atoms with Crippen LogP contribution in [0.5, 0.6) is 5.75 Å². The van der Waals surface area contributed by atoms with Crippen molar-refractivity contribution >= 4 is 5.91 Å². The molecule has 0 aliphatic heterocycles. The molecule has 0 spiro atoms. The highest BCUT2D eigenvalue weighted by Crippen LogP contribution is 2.29. The van der Waals surface area contributed by atoms with E-state index in [0.29, 0.717) is 12.5 Å². The number of methoxy groups -OCH3 is 1. The van der Waals surface area contributed by atoms with Crippen molar-refractivity contribution in [2.75, 3.05) is 13.7 Å². The molecule has 0 fully saturated rings. The van der Waals surface area contributed by atoms with Crippen LogP contribution in [0.25, 0.3) is 0 Å². The van der Waals surface area contributed by atoms with Gasteiger partial charge in [-0.1, -0.05) is 19.9 Å². The Morgan fingerprint density at radius 1 is 1.39 bits per heavy atom. The van der Waals surface area contributed by atoms with E-state index in [2.05, 4.69) is 38.2 Å². The van der Waals surface area contributed by atoms with Gasteiger partial charge in [-0.3, -0.25) is 4.79 Å². The number of hydrogen-bond acceptors (Lipinski definition) is 2. The zero-order valence-electron chi connectivity index (χ0n) is 12.0. The Bertz CT molecular complexity index is 425. The van der Waals surface area contributed by atoms with Gasteiger partial charge in [0.05, 0.1) is 7.11 Å². The zero-order chi connectivity index (χ0) is 13.7. The second-order valence-electron chi connectivity index (χ2n) is 4.91. The molecule has 100 valence electrons. The maximum absolute atomic E-state index is 10.9. The number of carbonyl (C=O) groups is 1. The summed E-state index contributed by atoms with van der Waals surface area (Å²) in [4.78, 5) is 10.9. The number of carbonyl (C=O) groups excluding carboxylic acids is 1. The Hall–Kier alpha value is -1.51. The molecule has 0 bridgehead atoms. The van der Waals surface area contributed by atoms with Crippen LogP contribution < -0.4 is 10.1 Å². The van der Waals surface area contributed by atoms with E-state index in [1.165, 1.54) is 16.7 Å². The molecular formula is C15H23NO2. The molecule has 0 aliphatic rings. The van der Waals surface area contributed by atoms with Crippen molar-refractivity contribution in [1.29, 1.82) is 0 Å². The predicted molar refractivity (Wildman–Crippen MR) is 74.2 cm³/mol. The summed E-state index contributed by atoms with van der Waals surface area (Å²) in [7, 11) is 1.71. The Kier molecular flexibility index (Phi) is 5.20. The molecule has 0 heterocycles. The minimum atomic E-state index is 0.0187. The summed E-state index contributed by atoms with van der Waals surface area (Å²) >= 11 is 0. The van der Waals surface area contributed by atoms with E-state index in [4.69, 9.17) is 4.74 Å². The first-order valence-electron chi connectivity index (χ1n) is 6.37. The number of aryl methyl sites for hydroxylation is 1. The van der Waals surface area contributed by atoms with Gasteiger partial charge in [0.2, 0.25) is 5.91 Å². The SMILES string of the molecule is COc1cc(C)c(CCNC(C)=O)cc1C(C)C. The van der Waals surface area contributed by atoms with E-state index in [1.807, 2.05) is 0 Å². The summed E-state index contributed by atoms with van der Waals surface area (Å²) < 4.78 is 5.42. The topological polar surface area (TPSA) is 38.3 Å². The molecule has 1 N–H and O–H groups in total. The van der Waals surface area contributed by atoms with Gasteiger partial charge in [-0.05, 0) is 42.0 Å². The van der Waals surface area contributed by atoms with Crippen molar-refractivity contribution in [2.24, 2.45) is 0 Å². The second kappa shape index (κ2) is 6.43. The molecule has 1 rings (SSSR count). The molecule has 0 unspecified atom stereocenters. The molecule has 0 aliphatic carbocycles. The molecule has 1 aromatic rings. The van der Waals surface area contributed by atoms with Crippen molar-refractivity contribution in [3.8, 4) is 5.75 Å². The van der Waals surface area contributed by atoms with Crippen LogP contribution in [0.1, 0.15) is 43.4 Å². The fraction of sp³-hybridized carbons (Fsp3) is 0.533. The highest BCUT2D eigenvalue weighted by Gasteiger charge is 2.11. The summed E-state index contributed by atoms with van der Waals surface area (Å²) in [6.45, 7) is 8.62. The average Bonchev–Trinajstić information content (AvgIpc) is 2.29. The third kappa shape index (κ3) is 3.76. The van der Waals surface area contributed by atoms with Gasteiger partial charge in [-0.2, -0.15) is 0 Å². The fourth-order valence-corrected chi connectivity index (χ4v) is 2.02. The van der Waals surface area contributed by atoms with Crippen LogP contribution in [0.4, 0.5) is 0 Å². The lowest BCUT2D eigenvalue weighted by Crippen LogP contribution is -2.22. The lowest BCUT2D eigenvalue weighted by Gasteiger charge is -2.16.